The van der Waals surface area contributed by atoms with Crippen molar-refractivity contribution in [3.05, 3.63) is 54.3 Å². The second kappa shape index (κ2) is 9.29. The maximum Gasteiger partial charge on any atom is 0.405 e. The van der Waals surface area contributed by atoms with Gasteiger partial charge in [0, 0.05) is 18.8 Å². The lowest BCUT2D eigenvalue weighted by atomic mass is 9.89. The van der Waals surface area contributed by atoms with E-state index in [1.54, 1.807) is 0 Å². The van der Waals surface area contributed by atoms with E-state index in [4.69, 9.17) is 10.5 Å². The van der Waals surface area contributed by atoms with Crippen LogP contribution in [0.4, 0.5) is 14.9 Å². The van der Waals surface area contributed by atoms with Gasteiger partial charge in [-0.05, 0) is 80.8 Å². The molecule has 0 radical (unpaired) electrons. The Bertz CT molecular complexity index is 795. The Labute approximate surface area is 172 Å². The van der Waals surface area contributed by atoms with E-state index in [1.165, 1.54) is 30.7 Å². The van der Waals surface area contributed by atoms with Crippen molar-refractivity contribution in [2.75, 3.05) is 18.0 Å². The van der Waals surface area contributed by atoms with Crippen LogP contribution in [0.5, 0.6) is 0 Å². The number of hydrogen-bond donors (Lipinski definition) is 1. The normalized spacial score (nSPS) is 15.3. The smallest absolute Gasteiger partial charge is 0.405 e. The molecule has 156 valence electrons. The third-order valence-electron chi connectivity index (χ3n) is 5.79. The van der Waals surface area contributed by atoms with Gasteiger partial charge in [-0.15, -0.1) is 0 Å². The van der Waals surface area contributed by atoms with Crippen molar-refractivity contribution >= 4 is 11.8 Å². The zero-order valence-corrected chi connectivity index (χ0v) is 17.4. The maximum atomic E-state index is 13.1. The fourth-order valence-electron chi connectivity index (χ4n) is 4.13. The minimum atomic E-state index is -0.700. The van der Waals surface area contributed by atoms with E-state index >= 15 is 0 Å². The number of nitrogens with zero attached hydrogens (tertiary/aromatic N) is 1. The van der Waals surface area contributed by atoms with E-state index in [1.807, 2.05) is 26.0 Å². The molecule has 3 rings (SSSR count). The third kappa shape index (κ3) is 6.21. The lowest BCUT2D eigenvalue weighted by Crippen LogP contribution is -2.34. The van der Waals surface area contributed by atoms with E-state index < -0.39 is 11.7 Å². The van der Waals surface area contributed by atoms with E-state index in [0.717, 1.165) is 43.5 Å². The van der Waals surface area contributed by atoms with Gasteiger partial charge >= 0.3 is 6.09 Å². The Balaban J connectivity index is 1.45. The van der Waals surface area contributed by atoms with Gasteiger partial charge in [-0.1, -0.05) is 30.7 Å². The van der Waals surface area contributed by atoms with E-state index in [2.05, 4.69) is 29.2 Å². The van der Waals surface area contributed by atoms with Crippen molar-refractivity contribution < 1.29 is 13.9 Å². The molecule has 1 heterocycles. The molecule has 0 aliphatic carbocycles. The maximum absolute atomic E-state index is 13.1. The number of nitrogens with two attached hydrogens (primary N) is 1. The molecule has 1 amide bonds. The molecule has 1 fully saturated rings. The number of primary amides is 1. The molecule has 0 atom stereocenters. The summed E-state index contributed by atoms with van der Waals surface area (Å²) in [5.74, 6) is 0.506. The van der Waals surface area contributed by atoms with E-state index in [0.29, 0.717) is 5.92 Å². The van der Waals surface area contributed by atoms with Gasteiger partial charge < -0.3 is 15.4 Å². The molecule has 5 heteroatoms. The highest BCUT2D eigenvalue weighted by atomic mass is 19.1. The number of piperidine rings is 1. The fourth-order valence-corrected chi connectivity index (χ4v) is 4.13. The van der Waals surface area contributed by atoms with Crippen LogP contribution in [-0.4, -0.2) is 24.8 Å². The molecular formula is C24H31FN2O2. The average molecular weight is 399 g/mol. The lowest BCUT2D eigenvalue weighted by Gasteiger charge is -2.34. The van der Waals surface area contributed by atoms with Gasteiger partial charge in [-0.2, -0.15) is 0 Å². The summed E-state index contributed by atoms with van der Waals surface area (Å²) in [4.78, 5) is 13.4. The first-order valence-electron chi connectivity index (χ1n) is 10.4. The molecule has 0 saturated carbocycles. The fraction of sp³-hybridized carbons (Fsp3) is 0.458. The quantitative estimate of drug-likeness (QED) is 0.646. The third-order valence-corrected chi connectivity index (χ3v) is 5.79. The SMILES string of the molecule is CC(C)(CCCC1CCN(c2ccc(-c3ccc(F)cc3)cc2)CC1)OC(N)=O. The van der Waals surface area contributed by atoms with Crippen LogP contribution >= 0.6 is 0 Å². The largest absolute Gasteiger partial charge is 0.444 e. The summed E-state index contributed by atoms with van der Waals surface area (Å²) in [6.45, 7) is 5.94. The minimum Gasteiger partial charge on any atom is -0.444 e. The summed E-state index contributed by atoms with van der Waals surface area (Å²) in [5, 5.41) is 0. The van der Waals surface area contributed by atoms with Crippen molar-refractivity contribution in [3.63, 3.8) is 0 Å². The number of benzene rings is 2. The highest BCUT2D eigenvalue weighted by Gasteiger charge is 2.24. The highest BCUT2D eigenvalue weighted by Crippen LogP contribution is 2.29. The Morgan fingerprint density at radius 3 is 2.17 bits per heavy atom. The molecule has 1 aliphatic rings. The molecule has 2 N–H and O–H groups in total. The van der Waals surface area contributed by atoms with Crippen LogP contribution in [0.2, 0.25) is 0 Å². The van der Waals surface area contributed by atoms with Gasteiger partial charge in [0.15, 0.2) is 0 Å². The number of carbonyl (C=O) groups excluding carboxylic acids is 1. The number of amides is 1. The molecule has 2 aromatic carbocycles. The number of hydrogen-bond acceptors (Lipinski definition) is 3. The monoisotopic (exact) mass is 398 g/mol. The molecule has 0 spiro atoms. The van der Waals surface area contributed by atoms with Crippen LogP contribution < -0.4 is 10.6 Å². The highest BCUT2D eigenvalue weighted by molar-refractivity contribution is 5.66. The Kier molecular flexibility index (Phi) is 6.78. The second-order valence-electron chi connectivity index (χ2n) is 8.56. The molecular weight excluding hydrogens is 367 g/mol. The molecule has 0 bridgehead atoms. The first-order valence-corrected chi connectivity index (χ1v) is 10.4. The Hall–Kier alpha value is -2.56. The summed E-state index contributed by atoms with van der Waals surface area (Å²) in [6, 6.07) is 15.1. The minimum absolute atomic E-state index is 0.211. The predicted octanol–water partition coefficient (Wildman–Crippen LogP) is 5.75. The number of ether oxygens (including phenoxy) is 1. The first kappa shape index (κ1) is 21.2. The molecule has 4 nitrogen and oxygen atoms in total. The van der Waals surface area contributed by atoms with Gasteiger partial charge in [-0.3, -0.25) is 0 Å². The van der Waals surface area contributed by atoms with Gasteiger partial charge in [0.2, 0.25) is 0 Å². The van der Waals surface area contributed by atoms with Gasteiger partial charge in [-0.25, -0.2) is 9.18 Å². The van der Waals surface area contributed by atoms with Crippen LogP contribution in [-0.2, 0) is 4.74 Å². The van der Waals surface area contributed by atoms with Crippen LogP contribution in [0.15, 0.2) is 48.5 Å². The molecule has 0 aromatic heterocycles. The van der Waals surface area contributed by atoms with Gasteiger partial charge in [0.1, 0.15) is 11.4 Å². The predicted molar refractivity (Wildman–Crippen MR) is 115 cm³/mol. The molecule has 1 aliphatic heterocycles. The molecule has 29 heavy (non-hydrogen) atoms. The summed E-state index contributed by atoms with van der Waals surface area (Å²) in [7, 11) is 0. The van der Waals surface area contributed by atoms with Gasteiger partial charge in [0.05, 0.1) is 0 Å². The first-order chi connectivity index (χ1) is 13.8. The zero-order valence-electron chi connectivity index (χ0n) is 17.4. The van der Waals surface area contributed by atoms with E-state index in [-0.39, 0.29) is 5.82 Å². The summed E-state index contributed by atoms with van der Waals surface area (Å²) >= 11 is 0. The topological polar surface area (TPSA) is 55.6 Å². The number of carbonyl (C=O) groups is 1. The zero-order chi connectivity index (χ0) is 20.9. The van der Waals surface area contributed by atoms with Crippen LogP contribution in [0, 0.1) is 11.7 Å². The standard InChI is InChI=1S/C24H31FN2O2/c1-24(2,29-23(26)28)15-3-4-18-13-16-27(17-14-18)22-11-7-20(8-12-22)19-5-9-21(25)10-6-19/h5-12,18H,3-4,13-17H2,1-2H3,(H2,26,28). The number of halogens is 1. The molecule has 2 aromatic rings. The van der Waals surface area contributed by atoms with Crippen molar-refractivity contribution in [1.29, 1.82) is 0 Å². The van der Waals surface area contributed by atoms with Crippen LogP contribution in [0.3, 0.4) is 0 Å². The lowest BCUT2D eigenvalue weighted by molar-refractivity contribution is 0.0362. The van der Waals surface area contributed by atoms with Crippen molar-refractivity contribution in [1.82, 2.24) is 0 Å². The molecule has 1 saturated heterocycles. The van der Waals surface area contributed by atoms with Crippen LogP contribution in [0.25, 0.3) is 11.1 Å². The number of rotatable bonds is 7. The van der Waals surface area contributed by atoms with Crippen molar-refractivity contribution in [3.8, 4) is 11.1 Å². The van der Waals surface area contributed by atoms with E-state index in [9.17, 15) is 9.18 Å². The summed E-state index contributed by atoms with van der Waals surface area (Å²) < 4.78 is 18.3. The molecule has 0 unspecified atom stereocenters. The van der Waals surface area contributed by atoms with Gasteiger partial charge in [0.25, 0.3) is 0 Å². The second-order valence-corrected chi connectivity index (χ2v) is 8.56. The summed E-state index contributed by atoms with van der Waals surface area (Å²) in [5.41, 5.74) is 8.01. The Morgan fingerprint density at radius 1 is 1.07 bits per heavy atom. The van der Waals surface area contributed by atoms with Crippen molar-refractivity contribution in [2.24, 2.45) is 11.7 Å². The van der Waals surface area contributed by atoms with Crippen LogP contribution in [0.1, 0.15) is 46.0 Å². The average Bonchev–Trinajstić information content (AvgIpc) is 2.68. The van der Waals surface area contributed by atoms with Crippen molar-refractivity contribution in [2.45, 2.75) is 51.6 Å². The Morgan fingerprint density at radius 2 is 1.62 bits per heavy atom. The summed E-state index contributed by atoms with van der Waals surface area (Å²) in [6.07, 6.45) is 4.68. The number of anilines is 1.